The quantitative estimate of drug-likeness (QED) is 0.539. The van der Waals surface area contributed by atoms with E-state index in [4.69, 9.17) is 29.3 Å². The molecule has 0 unspecified atom stereocenters. The lowest BCUT2D eigenvalue weighted by atomic mass is 9.89. The van der Waals surface area contributed by atoms with Gasteiger partial charge < -0.3 is 24.6 Å². The number of carboxylic acids is 2. The molecule has 4 heterocycles. The van der Waals surface area contributed by atoms with Gasteiger partial charge in [0.2, 0.25) is 11.8 Å². The Labute approximate surface area is 210 Å². The van der Waals surface area contributed by atoms with Gasteiger partial charge in [-0.3, -0.25) is 0 Å². The molecule has 2 aromatic rings. The lowest BCUT2D eigenvalue weighted by Gasteiger charge is -2.39. The van der Waals surface area contributed by atoms with Crippen LogP contribution in [0.5, 0.6) is 5.88 Å². The minimum Gasteiger partial charge on any atom is -0.475 e. The molecule has 0 bridgehead atoms. The Morgan fingerprint density at radius 3 is 2.11 bits per heavy atom. The molecule has 2 fully saturated rings. The number of carbonyl (C=O) groups is 2. The number of piperidine rings is 1. The Bertz CT molecular complexity index is 1030. The van der Waals surface area contributed by atoms with Crippen molar-refractivity contribution < 1.29 is 60.0 Å². The fourth-order valence-corrected chi connectivity index (χ4v) is 3.49. The third kappa shape index (κ3) is 9.60. The SMILES string of the molecule is Fc1cnc(N2CCC[C@]3(C[C@@H](Oc4ccccn4)CO3)C2)nc1.O=C(O)C(F)(F)F.O=C(O)C(F)(F)F. The van der Waals surface area contributed by atoms with Crippen molar-refractivity contribution in [3.63, 3.8) is 0 Å². The fraction of sp³-hybridized carbons (Fsp3) is 0.476. The first kappa shape index (κ1) is 30.5. The Morgan fingerprint density at radius 1 is 1.03 bits per heavy atom. The molecule has 2 aliphatic heterocycles. The van der Waals surface area contributed by atoms with Crippen LogP contribution in [0.4, 0.5) is 36.7 Å². The van der Waals surface area contributed by atoms with Gasteiger partial charge in [-0.25, -0.2) is 28.9 Å². The average molecular weight is 558 g/mol. The van der Waals surface area contributed by atoms with Gasteiger partial charge >= 0.3 is 24.3 Å². The topological polar surface area (TPSA) is 135 Å². The van der Waals surface area contributed by atoms with Crippen LogP contribution in [0.3, 0.4) is 0 Å². The molecule has 10 nitrogen and oxygen atoms in total. The van der Waals surface area contributed by atoms with Crippen LogP contribution in [0.15, 0.2) is 36.8 Å². The maximum atomic E-state index is 13.0. The Balaban J connectivity index is 0.000000301. The van der Waals surface area contributed by atoms with Gasteiger partial charge in [-0.15, -0.1) is 0 Å². The van der Waals surface area contributed by atoms with E-state index in [0.29, 0.717) is 25.0 Å². The fourth-order valence-electron chi connectivity index (χ4n) is 3.49. The number of hydrogen-bond acceptors (Lipinski definition) is 8. The van der Waals surface area contributed by atoms with E-state index in [1.165, 1.54) is 12.4 Å². The number of nitrogens with zero attached hydrogens (tertiary/aromatic N) is 4. The van der Waals surface area contributed by atoms with Crippen LogP contribution >= 0.6 is 0 Å². The lowest BCUT2D eigenvalue weighted by Crippen LogP contribution is -2.48. The second-order valence-corrected chi connectivity index (χ2v) is 7.94. The first-order valence-electron chi connectivity index (χ1n) is 10.7. The number of carboxylic acid groups (broad SMARTS) is 2. The maximum Gasteiger partial charge on any atom is 0.490 e. The number of hydrogen-bond donors (Lipinski definition) is 2. The summed E-state index contributed by atoms with van der Waals surface area (Å²) < 4.78 is 88.5. The van der Waals surface area contributed by atoms with Crippen molar-refractivity contribution in [2.45, 2.75) is 43.3 Å². The summed E-state index contributed by atoms with van der Waals surface area (Å²) in [5.41, 5.74) is -0.255. The predicted octanol–water partition coefficient (Wildman–Crippen LogP) is 3.48. The second-order valence-electron chi connectivity index (χ2n) is 7.94. The number of rotatable bonds is 3. The summed E-state index contributed by atoms with van der Waals surface area (Å²) in [7, 11) is 0. The molecular weight excluding hydrogens is 537 g/mol. The zero-order chi connectivity index (χ0) is 28.6. The molecule has 2 aromatic heterocycles. The minimum atomic E-state index is -5.08. The van der Waals surface area contributed by atoms with E-state index in [2.05, 4.69) is 19.9 Å². The number of aromatic nitrogens is 3. The normalized spacial score (nSPS) is 21.0. The summed E-state index contributed by atoms with van der Waals surface area (Å²) in [6.45, 7) is 2.10. The third-order valence-electron chi connectivity index (χ3n) is 5.01. The molecule has 0 saturated carbocycles. The summed E-state index contributed by atoms with van der Waals surface area (Å²) >= 11 is 0. The third-order valence-corrected chi connectivity index (χ3v) is 5.01. The molecule has 0 amide bonds. The predicted molar refractivity (Wildman–Crippen MR) is 113 cm³/mol. The van der Waals surface area contributed by atoms with Gasteiger partial charge in [-0.1, -0.05) is 6.07 Å². The number of alkyl halides is 6. The van der Waals surface area contributed by atoms with E-state index < -0.39 is 30.1 Å². The molecule has 17 heteroatoms. The summed E-state index contributed by atoms with van der Waals surface area (Å²) in [6, 6.07) is 5.62. The molecule has 1 spiro atoms. The van der Waals surface area contributed by atoms with Crippen molar-refractivity contribution in [2.24, 2.45) is 0 Å². The maximum absolute atomic E-state index is 13.0. The van der Waals surface area contributed by atoms with Crippen molar-refractivity contribution in [3.05, 3.63) is 42.6 Å². The largest absolute Gasteiger partial charge is 0.490 e. The summed E-state index contributed by atoms with van der Waals surface area (Å²) in [4.78, 5) is 32.2. The van der Waals surface area contributed by atoms with Gasteiger partial charge in [0.25, 0.3) is 0 Å². The molecule has 210 valence electrons. The molecule has 0 radical (unpaired) electrons. The Kier molecular flexibility index (Phi) is 10.1. The minimum absolute atomic E-state index is 0.00557. The van der Waals surface area contributed by atoms with Gasteiger partial charge in [0.05, 0.1) is 24.6 Å². The number of anilines is 1. The highest BCUT2D eigenvalue weighted by atomic mass is 19.4. The van der Waals surface area contributed by atoms with Crippen LogP contribution in [0.25, 0.3) is 0 Å². The zero-order valence-electron chi connectivity index (χ0n) is 19.2. The van der Waals surface area contributed by atoms with Gasteiger partial charge in [-0.05, 0) is 18.9 Å². The van der Waals surface area contributed by atoms with Crippen LogP contribution in [0.1, 0.15) is 19.3 Å². The molecule has 38 heavy (non-hydrogen) atoms. The van der Waals surface area contributed by atoms with Crippen molar-refractivity contribution in [1.82, 2.24) is 15.0 Å². The number of pyridine rings is 1. The summed E-state index contributed by atoms with van der Waals surface area (Å²) in [5.74, 6) is -4.77. The lowest BCUT2D eigenvalue weighted by molar-refractivity contribution is -0.193. The molecule has 0 aromatic carbocycles. The molecular formula is C21H21F7N4O6. The highest BCUT2D eigenvalue weighted by molar-refractivity contribution is 5.73. The van der Waals surface area contributed by atoms with Crippen molar-refractivity contribution in [3.8, 4) is 5.88 Å². The van der Waals surface area contributed by atoms with Crippen molar-refractivity contribution in [2.75, 3.05) is 24.6 Å². The van der Waals surface area contributed by atoms with Crippen molar-refractivity contribution in [1.29, 1.82) is 0 Å². The van der Waals surface area contributed by atoms with Gasteiger partial charge in [0, 0.05) is 31.8 Å². The standard InChI is InChI=1S/C17H19FN4O2.2C2HF3O2/c18-13-9-20-16(21-10-13)22-7-3-5-17(12-22)8-14(11-23-17)24-15-4-1-2-6-19-15;2*3-2(4,5)1(6)7/h1-2,4,6,9-10,14H,3,5,7-8,11-12H2;2*(H,6,7)/t14-,17+;;/m1../s1. The van der Waals surface area contributed by atoms with E-state index in [-0.39, 0.29) is 11.7 Å². The smallest absolute Gasteiger partial charge is 0.475 e. The van der Waals surface area contributed by atoms with Crippen LogP contribution in [-0.4, -0.2) is 80.9 Å². The van der Waals surface area contributed by atoms with Crippen LogP contribution in [0, 0.1) is 5.82 Å². The number of halogens is 7. The van der Waals surface area contributed by atoms with E-state index in [1.54, 1.807) is 6.20 Å². The molecule has 0 aliphatic carbocycles. The number of ether oxygens (including phenoxy) is 2. The Morgan fingerprint density at radius 2 is 1.61 bits per heavy atom. The van der Waals surface area contributed by atoms with Gasteiger partial charge in [0.1, 0.15) is 6.10 Å². The molecule has 2 N–H and O–H groups in total. The van der Waals surface area contributed by atoms with E-state index in [1.807, 2.05) is 18.2 Å². The summed E-state index contributed by atoms with van der Waals surface area (Å²) in [6.07, 6.45) is -3.28. The van der Waals surface area contributed by atoms with Gasteiger partial charge in [-0.2, -0.15) is 26.3 Å². The average Bonchev–Trinajstić information content (AvgIpc) is 3.21. The monoisotopic (exact) mass is 558 g/mol. The van der Waals surface area contributed by atoms with Crippen LogP contribution in [0.2, 0.25) is 0 Å². The Hall–Kier alpha value is -3.76. The van der Waals surface area contributed by atoms with E-state index in [9.17, 15) is 30.7 Å². The molecule has 2 aliphatic rings. The first-order valence-corrected chi connectivity index (χ1v) is 10.7. The second kappa shape index (κ2) is 12.7. The first-order chi connectivity index (χ1) is 17.6. The molecule has 2 atom stereocenters. The van der Waals surface area contributed by atoms with Crippen molar-refractivity contribution >= 4 is 17.9 Å². The van der Waals surface area contributed by atoms with Gasteiger partial charge in [0.15, 0.2) is 5.82 Å². The molecule has 2 saturated heterocycles. The van der Waals surface area contributed by atoms with Crippen LogP contribution in [-0.2, 0) is 14.3 Å². The molecule has 4 rings (SSSR count). The number of aliphatic carboxylic acids is 2. The van der Waals surface area contributed by atoms with E-state index in [0.717, 1.165) is 25.8 Å². The zero-order valence-corrected chi connectivity index (χ0v) is 19.2. The van der Waals surface area contributed by atoms with Crippen LogP contribution < -0.4 is 9.64 Å². The van der Waals surface area contributed by atoms with E-state index >= 15 is 0 Å². The highest BCUT2D eigenvalue weighted by Gasteiger charge is 2.45. The highest BCUT2D eigenvalue weighted by Crippen LogP contribution is 2.36. The summed E-state index contributed by atoms with van der Waals surface area (Å²) in [5, 5.41) is 14.2.